The second-order valence-corrected chi connectivity index (χ2v) is 7.15. The van der Waals surface area contributed by atoms with E-state index < -0.39 is 5.97 Å². The standard InChI is InChI=1S/C22H17N3O4S/c1-14(26)25(17-8-4-3-5-9-17)22-23-16(13-30-22)12-19-21(27)29-20(24-19)15-7-6-10-18(11-15)28-2/h3-13H,1-2H3/b19-12-. The Labute approximate surface area is 176 Å². The first-order valence-corrected chi connectivity index (χ1v) is 9.91. The number of nitrogens with zero attached hydrogens (tertiary/aromatic N) is 3. The molecular weight excluding hydrogens is 402 g/mol. The largest absolute Gasteiger partial charge is 0.497 e. The van der Waals surface area contributed by atoms with Crippen LogP contribution in [0.1, 0.15) is 18.2 Å². The molecule has 0 atom stereocenters. The van der Waals surface area contributed by atoms with Crippen LogP contribution in [0.15, 0.2) is 70.7 Å². The number of carbonyl (C=O) groups excluding carboxylic acids is 2. The fraction of sp³-hybridized carbons (Fsp3) is 0.0909. The SMILES string of the molecule is COc1cccc(C2=N/C(=C\c3csc(N(C(C)=O)c4ccccc4)n3)C(=O)O2)c1. The zero-order valence-corrected chi connectivity index (χ0v) is 17.1. The van der Waals surface area contributed by atoms with Crippen molar-refractivity contribution in [2.24, 2.45) is 4.99 Å². The average molecular weight is 419 g/mol. The van der Waals surface area contributed by atoms with E-state index in [9.17, 15) is 9.59 Å². The van der Waals surface area contributed by atoms with Crippen molar-refractivity contribution >= 4 is 46.0 Å². The van der Waals surface area contributed by atoms with Crippen molar-refractivity contribution < 1.29 is 19.1 Å². The van der Waals surface area contributed by atoms with Gasteiger partial charge >= 0.3 is 5.97 Å². The molecule has 2 heterocycles. The summed E-state index contributed by atoms with van der Waals surface area (Å²) in [5.41, 5.74) is 2.01. The number of methoxy groups -OCH3 is 1. The maximum Gasteiger partial charge on any atom is 0.363 e. The van der Waals surface area contributed by atoms with Crippen molar-refractivity contribution in [2.45, 2.75) is 6.92 Å². The number of rotatable bonds is 5. The first-order valence-electron chi connectivity index (χ1n) is 9.03. The summed E-state index contributed by atoms with van der Waals surface area (Å²) in [4.78, 5) is 34.7. The summed E-state index contributed by atoms with van der Waals surface area (Å²) in [6.07, 6.45) is 1.54. The van der Waals surface area contributed by atoms with Crippen LogP contribution in [0.3, 0.4) is 0 Å². The number of hydrogen-bond acceptors (Lipinski definition) is 7. The lowest BCUT2D eigenvalue weighted by Gasteiger charge is -2.17. The van der Waals surface area contributed by atoms with Gasteiger partial charge in [0.05, 0.1) is 18.5 Å². The van der Waals surface area contributed by atoms with Crippen LogP contribution >= 0.6 is 11.3 Å². The number of ether oxygens (including phenoxy) is 2. The van der Waals surface area contributed by atoms with Gasteiger partial charge in [-0.2, -0.15) is 0 Å². The number of thiazole rings is 1. The maximum absolute atomic E-state index is 12.3. The third-order valence-electron chi connectivity index (χ3n) is 4.25. The zero-order valence-electron chi connectivity index (χ0n) is 16.2. The summed E-state index contributed by atoms with van der Waals surface area (Å²) in [6, 6.07) is 16.4. The number of hydrogen-bond donors (Lipinski definition) is 0. The molecule has 3 aromatic rings. The number of aliphatic imine (C=N–C) groups is 1. The Hall–Kier alpha value is -3.78. The van der Waals surface area contributed by atoms with Crippen LogP contribution in [0, 0.1) is 0 Å². The van der Waals surface area contributed by atoms with Crippen molar-refractivity contribution in [3.8, 4) is 5.75 Å². The van der Waals surface area contributed by atoms with Crippen LogP contribution in [0.2, 0.25) is 0 Å². The van der Waals surface area contributed by atoms with Gasteiger partial charge in [-0.15, -0.1) is 11.3 Å². The molecule has 0 unspecified atom stereocenters. The second kappa shape index (κ2) is 8.30. The molecule has 0 bridgehead atoms. The molecule has 7 nitrogen and oxygen atoms in total. The Morgan fingerprint density at radius 2 is 1.97 bits per heavy atom. The van der Waals surface area contributed by atoms with E-state index in [1.165, 1.54) is 23.2 Å². The van der Waals surface area contributed by atoms with Crippen LogP contribution < -0.4 is 9.64 Å². The van der Waals surface area contributed by atoms with Gasteiger partial charge in [0.2, 0.25) is 11.8 Å². The minimum Gasteiger partial charge on any atom is -0.497 e. The molecule has 150 valence electrons. The Morgan fingerprint density at radius 1 is 1.17 bits per heavy atom. The third-order valence-corrected chi connectivity index (χ3v) is 5.10. The van der Waals surface area contributed by atoms with Crippen LogP contribution in [-0.2, 0) is 14.3 Å². The molecular formula is C22H17N3O4S. The normalized spacial score (nSPS) is 14.4. The van der Waals surface area contributed by atoms with Crippen LogP contribution in [0.5, 0.6) is 5.75 Å². The lowest BCUT2D eigenvalue weighted by atomic mass is 10.2. The predicted molar refractivity (Wildman–Crippen MR) is 115 cm³/mol. The second-order valence-electron chi connectivity index (χ2n) is 6.31. The summed E-state index contributed by atoms with van der Waals surface area (Å²) in [6.45, 7) is 1.48. The molecule has 0 saturated carbocycles. The fourth-order valence-corrected chi connectivity index (χ4v) is 3.72. The van der Waals surface area contributed by atoms with E-state index in [1.807, 2.05) is 30.3 Å². The molecule has 0 saturated heterocycles. The highest BCUT2D eigenvalue weighted by atomic mass is 32.1. The van der Waals surface area contributed by atoms with Gasteiger partial charge < -0.3 is 9.47 Å². The van der Waals surface area contributed by atoms with Crippen molar-refractivity contribution in [1.82, 2.24) is 4.98 Å². The Balaban J connectivity index is 1.62. The monoisotopic (exact) mass is 419 g/mol. The van der Waals surface area contributed by atoms with Gasteiger partial charge in [0.15, 0.2) is 10.8 Å². The first kappa shape index (κ1) is 19.5. The first-order chi connectivity index (χ1) is 14.5. The highest BCUT2D eigenvalue weighted by Gasteiger charge is 2.25. The Kier molecular flexibility index (Phi) is 5.40. The topological polar surface area (TPSA) is 81.1 Å². The molecule has 8 heteroatoms. The molecule has 0 radical (unpaired) electrons. The van der Waals surface area contributed by atoms with Gasteiger partial charge in [-0.3, -0.25) is 9.69 Å². The number of anilines is 2. The van der Waals surface area contributed by atoms with E-state index in [0.717, 1.165) is 5.69 Å². The molecule has 2 aromatic carbocycles. The van der Waals surface area contributed by atoms with Gasteiger partial charge in [-0.25, -0.2) is 14.8 Å². The molecule has 0 aliphatic carbocycles. The summed E-state index contributed by atoms with van der Waals surface area (Å²) < 4.78 is 10.5. The Bertz CT molecular complexity index is 1170. The summed E-state index contributed by atoms with van der Waals surface area (Å²) in [5, 5.41) is 2.26. The van der Waals surface area contributed by atoms with Crippen molar-refractivity contribution in [3.05, 3.63) is 76.9 Å². The van der Waals surface area contributed by atoms with E-state index in [-0.39, 0.29) is 17.5 Å². The maximum atomic E-state index is 12.3. The summed E-state index contributed by atoms with van der Waals surface area (Å²) in [5.74, 6) is 0.121. The lowest BCUT2D eigenvalue weighted by molar-refractivity contribution is -0.130. The minimum atomic E-state index is -0.561. The molecule has 1 aromatic heterocycles. The van der Waals surface area contributed by atoms with E-state index in [0.29, 0.717) is 22.1 Å². The molecule has 1 aliphatic heterocycles. The van der Waals surface area contributed by atoms with E-state index in [1.54, 1.807) is 42.8 Å². The number of cyclic esters (lactones) is 1. The van der Waals surface area contributed by atoms with Gasteiger partial charge in [0.25, 0.3) is 0 Å². The molecule has 1 aliphatic rings. The number of aromatic nitrogens is 1. The quantitative estimate of drug-likeness (QED) is 0.458. The molecule has 0 spiro atoms. The highest BCUT2D eigenvalue weighted by molar-refractivity contribution is 7.14. The third kappa shape index (κ3) is 3.99. The zero-order chi connectivity index (χ0) is 21.1. The van der Waals surface area contributed by atoms with Gasteiger partial charge in [-0.05, 0) is 36.4 Å². The van der Waals surface area contributed by atoms with E-state index in [2.05, 4.69) is 9.98 Å². The smallest absolute Gasteiger partial charge is 0.363 e. The number of benzene rings is 2. The molecule has 30 heavy (non-hydrogen) atoms. The number of esters is 1. The molecule has 1 amide bonds. The average Bonchev–Trinajstić information content (AvgIpc) is 3.36. The van der Waals surface area contributed by atoms with Crippen molar-refractivity contribution in [1.29, 1.82) is 0 Å². The highest BCUT2D eigenvalue weighted by Crippen LogP contribution is 2.30. The minimum absolute atomic E-state index is 0.138. The fourth-order valence-electron chi connectivity index (χ4n) is 2.88. The number of para-hydroxylation sites is 1. The van der Waals surface area contributed by atoms with E-state index >= 15 is 0 Å². The van der Waals surface area contributed by atoms with Crippen LogP contribution in [0.4, 0.5) is 10.8 Å². The van der Waals surface area contributed by atoms with E-state index in [4.69, 9.17) is 9.47 Å². The lowest BCUT2D eigenvalue weighted by Crippen LogP contribution is -2.22. The number of carbonyl (C=O) groups is 2. The number of amides is 1. The van der Waals surface area contributed by atoms with Crippen LogP contribution in [-0.4, -0.2) is 29.9 Å². The van der Waals surface area contributed by atoms with Gasteiger partial charge in [0.1, 0.15) is 5.75 Å². The predicted octanol–water partition coefficient (Wildman–Crippen LogP) is 4.18. The van der Waals surface area contributed by atoms with Crippen molar-refractivity contribution in [3.63, 3.8) is 0 Å². The molecule has 0 fully saturated rings. The molecule has 0 N–H and O–H groups in total. The Morgan fingerprint density at radius 3 is 2.70 bits per heavy atom. The molecule has 4 rings (SSSR count). The van der Waals surface area contributed by atoms with Gasteiger partial charge in [0, 0.05) is 17.9 Å². The van der Waals surface area contributed by atoms with Crippen molar-refractivity contribution in [2.75, 3.05) is 12.0 Å². The summed E-state index contributed by atoms with van der Waals surface area (Å²) in [7, 11) is 1.56. The van der Waals surface area contributed by atoms with Gasteiger partial charge in [-0.1, -0.05) is 24.3 Å². The summed E-state index contributed by atoms with van der Waals surface area (Å²) >= 11 is 1.30. The van der Waals surface area contributed by atoms with Crippen LogP contribution in [0.25, 0.3) is 6.08 Å².